The van der Waals surface area contributed by atoms with Crippen LogP contribution in [-0.4, -0.2) is 37.0 Å². The summed E-state index contributed by atoms with van der Waals surface area (Å²) in [5.74, 6) is -1.99. The molecule has 0 saturated carbocycles. The standard InChI is InChI=1S/C31H46F3NO4/c1-2-3-4-5-6-7-8-9-10-11-12-13-14-15-16-17-23-38-27-20-18-26(19-21-27)22-24-39-30(37)28(25-35)29(36)31(32,33)34/h18-21,35H,2-17,22-24H2,1H3. The minimum Gasteiger partial charge on any atom is -0.494 e. The number of rotatable bonds is 23. The first kappa shape index (κ1) is 34.4. The highest BCUT2D eigenvalue weighted by molar-refractivity contribution is 6.25. The predicted octanol–water partition coefficient (Wildman–Crippen LogP) is 8.72. The van der Waals surface area contributed by atoms with E-state index in [9.17, 15) is 22.8 Å². The van der Waals surface area contributed by atoms with Crippen LogP contribution in [0.3, 0.4) is 0 Å². The van der Waals surface area contributed by atoms with Crippen LogP contribution >= 0.6 is 0 Å². The molecule has 0 spiro atoms. The Morgan fingerprint density at radius 1 is 0.744 bits per heavy atom. The van der Waals surface area contributed by atoms with E-state index in [0.717, 1.165) is 24.2 Å². The molecule has 220 valence electrons. The topological polar surface area (TPSA) is 76.5 Å². The fourth-order valence-corrected chi connectivity index (χ4v) is 4.27. The molecule has 0 aliphatic carbocycles. The molecule has 1 aromatic rings. The number of hydrogen-bond donors (Lipinski definition) is 1. The van der Waals surface area contributed by atoms with Gasteiger partial charge in [0.2, 0.25) is 0 Å². The van der Waals surface area contributed by atoms with Gasteiger partial charge in [0.05, 0.1) is 13.2 Å². The molecule has 0 heterocycles. The predicted molar refractivity (Wildman–Crippen MR) is 148 cm³/mol. The molecular weight excluding hydrogens is 507 g/mol. The summed E-state index contributed by atoms with van der Waals surface area (Å²) in [5.41, 5.74) is -0.666. The van der Waals surface area contributed by atoms with E-state index < -0.39 is 23.5 Å². The maximum atomic E-state index is 12.4. The number of carbonyl (C=O) groups is 2. The first-order valence-electron chi connectivity index (χ1n) is 14.6. The SMILES string of the molecule is CCCCCCCCCCCCCCCCCCOc1ccc(CCOC(=O)C(=C=N)C(=O)C(F)(F)F)cc1. The van der Waals surface area contributed by atoms with Gasteiger partial charge < -0.3 is 9.47 Å². The van der Waals surface area contributed by atoms with Gasteiger partial charge in [0.15, 0.2) is 5.57 Å². The molecule has 0 aliphatic heterocycles. The second-order valence-electron chi connectivity index (χ2n) is 10.0. The molecule has 0 fully saturated rings. The van der Waals surface area contributed by atoms with Crippen LogP contribution in [0.2, 0.25) is 0 Å². The number of esters is 1. The van der Waals surface area contributed by atoms with Crippen molar-refractivity contribution in [2.75, 3.05) is 13.2 Å². The molecule has 0 aliphatic rings. The largest absolute Gasteiger partial charge is 0.494 e. The first-order chi connectivity index (χ1) is 18.8. The molecule has 0 radical (unpaired) electrons. The molecule has 0 aromatic heterocycles. The third-order valence-electron chi connectivity index (χ3n) is 6.63. The molecule has 1 aromatic carbocycles. The number of halogens is 3. The van der Waals surface area contributed by atoms with E-state index in [0.29, 0.717) is 6.61 Å². The molecular formula is C31H46F3NO4. The molecule has 0 unspecified atom stereocenters. The zero-order valence-electron chi connectivity index (χ0n) is 23.5. The van der Waals surface area contributed by atoms with E-state index in [1.165, 1.54) is 95.8 Å². The van der Waals surface area contributed by atoms with Crippen LogP contribution in [0.25, 0.3) is 0 Å². The van der Waals surface area contributed by atoms with Gasteiger partial charge >= 0.3 is 12.1 Å². The Kier molecular flexibility index (Phi) is 18.8. The first-order valence-corrected chi connectivity index (χ1v) is 14.6. The van der Waals surface area contributed by atoms with Crippen LogP contribution in [-0.2, 0) is 20.7 Å². The summed E-state index contributed by atoms with van der Waals surface area (Å²) in [6.07, 6.45) is 16.1. The number of carbonyl (C=O) groups excluding carboxylic acids is 2. The normalized spacial score (nSPS) is 11.2. The van der Waals surface area contributed by atoms with Crippen molar-refractivity contribution < 1.29 is 32.2 Å². The second kappa shape index (κ2) is 21.2. The molecule has 39 heavy (non-hydrogen) atoms. The molecule has 5 nitrogen and oxygen atoms in total. The second-order valence-corrected chi connectivity index (χ2v) is 10.0. The summed E-state index contributed by atoms with van der Waals surface area (Å²) < 4.78 is 47.8. The maximum Gasteiger partial charge on any atom is 0.455 e. The van der Waals surface area contributed by atoms with Crippen molar-refractivity contribution in [3.8, 4) is 5.75 Å². The Morgan fingerprint density at radius 3 is 1.64 bits per heavy atom. The third kappa shape index (κ3) is 16.9. The summed E-state index contributed by atoms with van der Waals surface area (Å²) in [6.45, 7) is 2.67. The number of alkyl halides is 3. The van der Waals surface area contributed by atoms with Crippen LogP contribution < -0.4 is 4.74 Å². The molecule has 1 N–H and O–H groups in total. The molecule has 0 amide bonds. The van der Waals surface area contributed by atoms with Crippen molar-refractivity contribution in [1.29, 1.82) is 5.41 Å². The van der Waals surface area contributed by atoms with Crippen molar-refractivity contribution in [2.45, 2.75) is 122 Å². The van der Waals surface area contributed by atoms with Gasteiger partial charge in [-0.3, -0.25) is 10.2 Å². The minimum atomic E-state index is -5.26. The Bertz CT molecular complexity index is 862. The fourth-order valence-electron chi connectivity index (χ4n) is 4.27. The van der Waals surface area contributed by atoms with Crippen LogP contribution in [0.4, 0.5) is 13.2 Å². The summed E-state index contributed by atoms with van der Waals surface area (Å²) in [5, 5.41) is 6.77. The quantitative estimate of drug-likeness (QED) is 0.0367. The van der Waals surface area contributed by atoms with E-state index in [2.05, 4.69) is 6.92 Å². The van der Waals surface area contributed by atoms with E-state index in [-0.39, 0.29) is 13.0 Å². The molecule has 0 saturated heterocycles. The Labute approximate surface area is 232 Å². The van der Waals surface area contributed by atoms with E-state index in [4.69, 9.17) is 14.9 Å². The van der Waals surface area contributed by atoms with E-state index >= 15 is 0 Å². The third-order valence-corrected chi connectivity index (χ3v) is 6.63. The van der Waals surface area contributed by atoms with Gasteiger partial charge in [0.1, 0.15) is 5.75 Å². The zero-order valence-corrected chi connectivity index (χ0v) is 23.5. The smallest absolute Gasteiger partial charge is 0.455 e. The lowest BCUT2D eigenvalue weighted by Gasteiger charge is -2.09. The maximum absolute atomic E-state index is 12.4. The van der Waals surface area contributed by atoms with Crippen molar-refractivity contribution >= 4 is 17.6 Å². The minimum absolute atomic E-state index is 0.228. The van der Waals surface area contributed by atoms with Gasteiger partial charge in [-0.25, -0.2) is 4.79 Å². The van der Waals surface area contributed by atoms with Gasteiger partial charge in [-0.05, 0) is 30.0 Å². The Balaban J connectivity index is 2.03. The van der Waals surface area contributed by atoms with Crippen molar-refractivity contribution in [3.05, 3.63) is 35.4 Å². The highest BCUT2D eigenvalue weighted by atomic mass is 19.4. The van der Waals surface area contributed by atoms with Crippen LogP contribution in [0.1, 0.15) is 115 Å². The van der Waals surface area contributed by atoms with Gasteiger partial charge in [-0.2, -0.15) is 13.2 Å². The highest BCUT2D eigenvalue weighted by Crippen LogP contribution is 2.20. The zero-order chi connectivity index (χ0) is 28.8. The van der Waals surface area contributed by atoms with E-state index in [1.54, 1.807) is 24.3 Å². The molecule has 0 atom stereocenters. The van der Waals surface area contributed by atoms with Crippen LogP contribution in [0.15, 0.2) is 29.8 Å². The molecule has 8 heteroatoms. The van der Waals surface area contributed by atoms with Crippen molar-refractivity contribution in [1.82, 2.24) is 0 Å². The number of nitrogens with one attached hydrogen (secondary N) is 1. The molecule has 1 rings (SSSR count). The van der Waals surface area contributed by atoms with E-state index in [1.807, 2.05) is 0 Å². The average molecular weight is 554 g/mol. The molecule has 0 bridgehead atoms. The number of ketones is 1. The summed E-state index contributed by atoms with van der Waals surface area (Å²) in [4.78, 5) is 22.8. The van der Waals surface area contributed by atoms with Gasteiger partial charge in [0.25, 0.3) is 5.78 Å². The van der Waals surface area contributed by atoms with Crippen LogP contribution in [0, 0.1) is 5.41 Å². The number of benzene rings is 1. The number of unbranched alkanes of at least 4 members (excludes halogenated alkanes) is 15. The lowest BCUT2D eigenvalue weighted by Crippen LogP contribution is -2.29. The summed E-state index contributed by atoms with van der Waals surface area (Å²) in [6, 6.07) is 7.15. The number of Topliss-reactive ketones (excluding diaryl/α,β-unsaturated/α-hetero) is 1. The Hall–Kier alpha value is -2.60. The highest BCUT2D eigenvalue weighted by Gasteiger charge is 2.44. The lowest BCUT2D eigenvalue weighted by atomic mass is 10.0. The summed E-state index contributed by atoms with van der Waals surface area (Å²) in [7, 11) is 0. The summed E-state index contributed by atoms with van der Waals surface area (Å²) >= 11 is 0. The van der Waals surface area contributed by atoms with Gasteiger partial charge in [-0.15, -0.1) is 0 Å². The number of hydrogen-bond acceptors (Lipinski definition) is 5. The monoisotopic (exact) mass is 553 g/mol. The fraction of sp³-hybridized carbons (Fsp3) is 0.677. The van der Waals surface area contributed by atoms with Crippen molar-refractivity contribution in [2.24, 2.45) is 0 Å². The van der Waals surface area contributed by atoms with Gasteiger partial charge in [0, 0.05) is 6.42 Å². The van der Waals surface area contributed by atoms with Crippen LogP contribution in [0.5, 0.6) is 5.75 Å². The Morgan fingerprint density at radius 2 is 1.21 bits per heavy atom. The lowest BCUT2D eigenvalue weighted by molar-refractivity contribution is -0.168. The average Bonchev–Trinajstić information content (AvgIpc) is 2.91. The number of ether oxygens (including phenoxy) is 2. The van der Waals surface area contributed by atoms with Gasteiger partial charge in [-0.1, -0.05) is 115 Å². The van der Waals surface area contributed by atoms with Crippen molar-refractivity contribution in [3.63, 3.8) is 0 Å².